The minimum Gasteiger partial charge on any atom is -0.344 e. The highest BCUT2D eigenvalue weighted by Gasteiger charge is 2.26. The Bertz CT molecular complexity index is 890. The lowest BCUT2D eigenvalue weighted by molar-refractivity contribution is 0.0928. The third kappa shape index (κ3) is 3.32. The van der Waals surface area contributed by atoms with E-state index in [-0.39, 0.29) is 11.9 Å². The van der Waals surface area contributed by atoms with Gasteiger partial charge in [0.1, 0.15) is 5.69 Å². The van der Waals surface area contributed by atoms with Crippen molar-refractivity contribution < 1.29 is 4.79 Å². The van der Waals surface area contributed by atoms with Crippen LogP contribution in [0.1, 0.15) is 46.2 Å². The fraction of sp³-hybridized carbons (Fsp3) is 0.278. The Kier molecular flexibility index (Phi) is 4.55. The van der Waals surface area contributed by atoms with E-state index in [2.05, 4.69) is 15.4 Å². The molecule has 0 bridgehead atoms. The first kappa shape index (κ1) is 16.3. The Balaban J connectivity index is 1.56. The number of nitrogens with zero attached hydrogens (tertiary/aromatic N) is 3. The molecule has 1 aliphatic carbocycles. The van der Waals surface area contributed by atoms with Crippen LogP contribution in [0, 0.1) is 0 Å². The number of amides is 1. The van der Waals surface area contributed by atoms with Crippen molar-refractivity contribution in [2.75, 3.05) is 0 Å². The zero-order chi connectivity index (χ0) is 17.2. The van der Waals surface area contributed by atoms with Gasteiger partial charge in [0.05, 0.1) is 24.3 Å². The van der Waals surface area contributed by atoms with Gasteiger partial charge in [0, 0.05) is 21.7 Å². The van der Waals surface area contributed by atoms with Gasteiger partial charge in [0.2, 0.25) is 0 Å². The molecule has 1 N–H and O–H groups in total. The highest BCUT2D eigenvalue weighted by molar-refractivity contribution is 7.07. The molecule has 7 heteroatoms. The van der Waals surface area contributed by atoms with Crippen LogP contribution in [-0.4, -0.2) is 20.7 Å². The topological polar surface area (TPSA) is 59.8 Å². The van der Waals surface area contributed by atoms with Gasteiger partial charge in [0.15, 0.2) is 0 Å². The lowest BCUT2D eigenvalue weighted by Gasteiger charge is -2.24. The molecule has 0 aliphatic heterocycles. The molecular formula is C18H17ClN4OS. The van der Waals surface area contributed by atoms with Crippen LogP contribution in [-0.2, 0) is 13.0 Å². The molecule has 0 saturated carbocycles. The van der Waals surface area contributed by atoms with E-state index in [1.807, 2.05) is 35.1 Å². The van der Waals surface area contributed by atoms with E-state index in [0.29, 0.717) is 12.2 Å². The van der Waals surface area contributed by atoms with Crippen LogP contribution in [0.5, 0.6) is 0 Å². The maximum Gasteiger partial charge on any atom is 0.271 e. The first-order chi connectivity index (χ1) is 12.2. The predicted octanol–water partition coefficient (Wildman–Crippen LogP) is 3.85. The molecule has 4 rings (SSSR count). The Morgan fingerprint density at radius 2 is 2.28 bits per heavy atom. The molecule has 1 aromatic carbocycles. The van der Waals surface area contributed by atoms with Gasteiger partial charge in [-0.25, -0.2) is 4.98 Å². The molecule has 2 heterocycles. The average Bonchev–Trinajstić information content (AvgIpc) is 3.28. The molecule has 1 atom stereocenters. The second-order valence-corrected chi connectivity index (χ2v) is 7.21. The summed E-state index contributed by atoms with van der Waals surface area (Å²) in [5.74, 6) is -0.127. The maximum atomic E-state index is 12.3. The van der Waals surface area contributed by atoms with Crippen LogP contribution >= 0.6 is 22.9 Å². The summed E-state index contributed by atoms with van der Waals surface area (Å²) >= 11 is 7.70. The molecule has 5 nitrogen and oxygen atoms in total. The van der Waals surface area contributed by atoms with Crippen molar-refractivity contribution in [3.05, 3.63) is 68.9 Å². The Morgan fingerprint density at radius 3 is 3.08 bits per heavy atom. The van der Waals surface area contributed by atoms with Crippen LogP contribution in [0.2, 0.25) is 5.02 Å². The van der Waals surface area contributed by atoms with Crippen molar-refractivity contribution in [1.29, 1.82) is 0 Å². The Hall–Kier alpha value is -2.18. The fourth-order valence-electron chi connectivity index (χ4n) is 3.25. The van der Waals surface area contributed by atoms with Crippen LogP contribution in [0.3, 0.4) is 0 Å². The van der Waals surface area contributed by atoms with Crippen LogP contribution in [0.25, 0.3) is 0 Å². The molecule has 25 heavy (non-hydrogen) atoms. The molecule has 0 fully saturated rings. The van der Waals surface area contributed by atoms with E-state index in [4.69, 9.17) is 11.6 Å². The van der Waals surface area contributed by atoms with Gasteiger partial charge >= 0.3 is 0 Å². The zero-order valence-electron chi connectivity index (χ0n) is 13.5. The van der Waals surface area contributed by atoms with Crippen molar-refractivity contribution in [3.8, 4) is 0 Å². The molecule has 1 aliphatic rings. The van der Waals surface area contributed by atoms with Crippen LogP contribution < -0.4 is 5.32 Å². The molecule has 0 radical (unpaired) electrons. The number of rotatable bonds is 4. The van der Waals surface area contributed by atoms with Gasteiger partial charge < -0.3 is 5.32 Å². The van der Waals surface area contributed by atoms with Gasteiger partial charge in [-0.2, -0.15) is 5.10 Å². The highest BCUT2D eigenvalue weighted by Crippen LogP contribution is 2.30. The summed E-state index contributed by atoms with van der Waals surface area (Å²) in [6.07, 6.45) is 4.77. The smallest absolute Gasteiger partial charge is 0.271 e. The van der Waals surface area contributed by atoms with Gasteiger partial charge in [-0.15, -0.1) is 11.3 Å². The van der Waals surface area contributed by atoms with Crippen LogP contribution in [0.15, 0.2) is 41.4 Å². The number of carbonyl (C=O) groups excluding carboxylic acids is 1. The number of fused-ring (bicyclic) bond motifs is 1. The molecule has 0 spiro atoms. The minimum absolute atomic E-state index is 0.0158. The van der Waals surface area contributed by atoms with Crippen LogP contribution in [0.4, 0.5) is 0 Å². The van der Waals surface area contributed by atoms with Gasteiger partial charge in [-0.05, 0) is 30.9 Å². The summed E-state index contributed by atoms with van der Waals surface area (Å²) in [5, 5.41) is 10.1. The largest absolute Gasteiger partial charge is 0.344 e. The summed E-state index contributed by atoms with van der Waals surface area (Å²) in [6.45, 7) is 0.641. The molecule has 1 amide bonds. The van der Waals surface area contributed by atoms with Crippen molar-refractivity contribution in [3.63, 3.8) is 0 Å². The van der Waals surface area contributed by atoms with E-state index < -0.39 is 0 Å². The molecule has 128 valence electrons. The maximum absolute atomic E-state index is 12.3. The second kappa shape index (κ2) is 6.98. The summed E-state index contributed by atoms with van der Waals surface area (Å²) in [4.78, 5) is 16.4. The Morgan fingerprint density at radius 1 is 1.40 bits per heavy atom. The predicted molar refractivity (Wildman–Crippen MR) is 98.0 cm³/mol. The number of hydrogen-bond donors (Lipinski definition) is 1. The fourth-order valence-corrected chi connectivity index (χ4v) is 3.98. The molecule has 1 unspecified atom stereocenters. The molecular weight excluding hydrogens is 356 g/mol. The van der Waals surface area contributed by atoms with Crippen molar-refractivity contribution >= 4 is 28.8 Å². The molecule has 0 saturated heterocycles. The minimum atomic E-state index is -0.127. The number of halogens is 1. The number of aromatic nitrogens is 3. The van der Waals surface area contributed by atoms with E-state index >= 15 is 0 Å². The summed E-state index contributed by atoms with van der Waals surface area (Å²) in [7, 11) is 0. The second-order valence-electron chi connectivity index (χ2n) is 6.09. The number of carbonyl (C=O) groups is 1. The van der Waals surface area contributed by atoms with E-state index in [0.717, 1.165) is 35.4 Å². The zero-order valence-corrected chi connectivity index (χ0v) is 15.1. The number of benzene rings is 1. The number of hydrogen-bond acceptors (Lipinski definition) is 4. The first-order valence-corrected chi connectivity index (χ1v) is 9.51. The summed E-state index contributed by atoms with van der Waals surface area (Å²) in [6, 6.07) is 7.80. The van der Waals surface area contributed by atoms with Crippen molar-refractivity contribution in [2.24, 2.45) is 0 Å². The normalized spacial score (nSPS) is 16.4. The SMILES string of the molecule is O=C(NC1CCCc2c1cnn2Cc1ccccc1Cl)c1cscn1. The number of nitrogens with one attached hydrogen (secondary N) is 1. The van der Waals surface area contributed by atoms with Gasteiger partial charge in [0.25, 0.3) is 5.91 Å². The van der Waals surface area contributed by atoms with Crippen molar-refractivity contribution in [2.45, 2.75) is 31.8 Å². The van der Waals surface area contributed by atoms with Gasteiger partial charge in [-0.1, -0.05) is 29.8 Å². The number of thiazole rings is 1. The molecule has 2 aromatic heterocycles. The average molecular weight is 373 g/mol. The molecule has 3 aromatic rings. The van der Waals surface area contributed by atoms with E-state index in [1.165, 1.54) is 17.0 Å². The summed E-state index contributed by atoms with van der Waals surface area (Å²) in [5.41, 5.74) is 5.46. The Labute approximate surface area is 154 Å². The standard InChI is InChI=1S/C18H17ClN4OS/c19-14-5-2-1-4-12(14)9-23-17-7-3-6-15(13(17)8-21-23)22-18(24)16-10-25-11-20-16/h1-2,4-5,8,10-11,15H,3,6-7,9H2,(H,22,24). The third-order valence-electron chi connectivity index (χ3n) is 4.51. The summed E-state index contributed by atoms with van der Waals surface area (Å²) < 4.78 is 2.00. The quantitative estimate of drug-likeness (QED) is 0.756. The highest BCUT2D eigenvalue weighted by atomic mass is 35.5. The first-order valence-electron chi connectivity index (χ1n) is 8.19. The van der Waals surface area contributed by atoms with Crippen molar-refractivity contribution in [1.82, 2.24) is 20.1 Å². The third-order valence-corrected chi connectivity index (χ3v) is 5.47. The lowest BCUT2D eigenvalue weighted by Crippen LogP contribution is -2.31. The van der Waals surface area contributed by atoms with E-state index in [1.54, 1.807) is 10.9 Å². The van der Waals surface area contributed by atoms with E-state index in [9.17, 15) is 4.79 Å². The van der Waals surface area contributed by atoms with Gasteiger partial charge in [-0.3, -0.25) is 9.48 Å². The monoisotopic (exact) mass is 372 g/mol. The lowest BCUT2D eigenvalue weighted by atomic mass is 9.93.